The Bertz CT molecular complexity index is 554. The zero-order valence-corrected chi connectivity index (χ0v) is 12.0. The van der Waals surface area contributed by atoms with Crippen molar-refractivity contribution in [2.24, 2.45) is 11.8 Å². The molecule has 0 radical (unpaired) electrons. The number of nitrogens with zero attached hydrogens (tertiary/aromatic N) is 1. The quantitative estimate of drug-likeness (QED) is 0.920. The van der Waals surface area contributed by atoms with Gasteiger partial charge in [-0.1, -0.05) is 12.1 Å². The van der Waals surface area contributed by atoms with Crippen molar-refractivity contribution < 1.29 is 14.0 Å². The zero-order chi connectivity index (χ0) is 15.0. The summed E-state index contributed by atoms with van der Waals surface area (Å²) in [6.45, 7) is 0.698. The fourth-order valence-corrected chi connectivity index (χ4v) is 2.92. The number of hydrogen-bond acceptors (Lipinski definition) is 2. The molecule has 1 heterocycles. The number of likely N-dealkylation sites (tertiary alicyclic amines) is 1. The number of carbonyl (C=O) groups is 2. The lowest BCUT2D eigenvalue weighted by Gasteiger charge is -2.25. The van der Waals surface area contributed by atoms with Crippen molar-refractivity contribution in [3.8, 4) is 0 Å². The van der Waals surface area contributed by atoms with Gasteiger partial charge < -0.3 is 10.2 Å². The summed E-state index contributed by atoms with van der Waals surface area (Å²) >= 11 is 0. The Kier molecular flexibility index (Phi) is 3.66. The van der Waals surface area contributed by atoms with Crippen molar-refractivity contribution >= 4 is 11.8 Å². The van der Waals surface area contributed by atoms with Gasteiger partial charge in [0.05, 0.1) is 12.0 Å². The molecule has 1 aromatic carbocycles. The topological polar surface area (TPSA) is 49.4 Å². The Morgan fingerprint density at radius 1 is 1.33 bits per heavy atom. The van der Waals surface area contributed by atoms with Crippen LogP contribution in [-0.2, 0) is 9.59 Å². The van der Waals surface area contributed by atoms with Gasteiger partial charge in [-0.3, -0.25) is 9.59 Å². The maximum absolute atomic E-state index is 13.1. The van der Waals surface area contributed by atoms with Crippen LogP contribution in [-0.4, -0.2) is 30.3 Å². The van der Waals surface area contributed by atoms with Crippen molar-refractivity contribution in [2.75, 3.05) is 13.6 Å². The fraction of sp³-hybridized carbons (Fsp3) is 0.500. The van der Waals surface area contributed by atoms with Crippen molar-refractivity contribution in [2.45, 2.75) is 25.3 Å². The normalized spacial score (nSPS) is 25.2. The summed E-state index contributed by atoms with van der Waals surface area (Å²) in [5.74, 6) is -0.231. The highest BCUT2D eigenvalue weighted by Gasteiger charge is 2.42. The van der Waals surface area contributed by atoms with Crippen molar-refractivity contribution in [1.82, 2.24) is 10.2 Å². The minimum atomic E-state index is -0.397. The van der Waals surface area contributed by atoms with E-state index in [1.54, 1.807) is 24.1 Å². The minimum Gasteiger partial charge on any atom is -0.355 e. The lowest BCUT2D eigenvalue weighted by Crippen LogP contribution is -2.35. The average Bonchev–Trinajstić information content (AvgIpc) is 3.25. The third-order valence-corrected chi connectivity index (χ3v) is 4.40. The summed E-state index contributed by atoms with van der Waals surface area (Å²) in [5.41, 5.74) is 0.802. The summed E-state index contributed by atoms with van der Waals surface area (Å²) in [7, 11) is 1.70. The molecule has 4 nitrogen and oxygen atoms in total. The molecule has 0 spiro atoms. The third-order valence-electron chi connectivity index (χ3n) is 4.40. The van der Waals surface area contributed by atoms with E-state index in [1.807, 2.05) is 0 Å². The highest BCUT2D eigenvalue weighted by atomic mass is 19.1. The molecule has 112 valence electrons. The molecule has 1 aromatic rings. The van der Waals surface area contributed by atoms with Crippen LogP contribution in [0.3, 0.4) is 0 Å². The molecule has 5 heteroatoms. The number of amides is 2. The van der Waals surface area contributed by atoms with Crippen LogP contribution in [0.25, 0.3) is 0 Å². The Labute approximate surface area is 123 Å². The summed E-state index contributed by atoms with van der Waals surface area (Å²) in [6.07, 6.45) is 2.56. The van der Waals surface area contributed by atoms with E-state index >= 15 is 0 Å². The average molecular weight is 290 g/mol. The smallest absolute Gasteiger partial charge is 0.226 e. The van der Waals surface area contributed by atoms with Gasteiger partial charge in [0.2, 0.25) is 11.8 Å². The van der Waals surface area contributed by atoms with Crippen LogP contribution < -0.4 is 5.32 Å². The number of benzene rings is 1. The monoisotopic (exact) mass is 290 g/mol. The predicted molar refractivity (Wildman–Crippen MR) is 75.8 cm³/mol. The molecule has 1 saturated carbocycles. The van der Waals surface area contributed by atoms with E-state index in [0.29, 0.717) is 12.5 Å². The number of nitrogens with one attached hydrogen (secondary N) is 1. The molecule has 0 bridgehead atoms. The SMILES string of the molecule is CN1C(=O)C[C@H](C(=O)NCC2CC2)[C@H]1c1ccc(F)cc1. The molecule has 0 aromatic heterocycles. The largest absolute Gasteiger partial charge is 0.355 e. The van der Waals surface area contributed by atoms with E-state index in [0.717, 1.165) is 5.56 Å². The van der Waals surface area contributed by atoms with Crippen LogP contribution in [0.4, 0.5) is 4.39 Å². The maximum atomic E-state index is 13.1. The molecule has 2 amide bonds. The second-order valence-electron chi connectivity index (χ2n) is 6.00. The molecular formula is C16H19FN2O2. The summed E-state index contributed by atoms with van der Waals surface area (Å²) < 4.78 is 13.1. The van der Waals surface area contributed by atoms with Crippen LogP contribution in [0.1, 0.15) is 30.9 Å². The van der Waals surface area contributed by atoms with E-state index in [4.69, 9.17) is 0 Å². The van der Waals surface area contributed by atoms with Crippen molar-refractivity contribution in [1.29, 1.82) is 0 Å². The van der Waals surface area contributed by atoms with Gasteiger partial charge in [0.15, 0.2) is 0 Å². The second-order valence-corrected chi connectivity index (χ2v) is 6.00. The van der Waals surface area contributed by atoms with Gasteiger partial charge in [-0.05, 0) is 36.5 Å². The Morgan fingerprint density at radius 3 is 2.62 bits per heavy atom. The second kappa shape index (κ2) is 5.47. The fourth-order valence-electron chi connectivity index (χ4n) is 2.92. The van der Waals surface area contributed by atoms with Gasteiger partial charge in [0.25, 0.3) is 0 Å². The molecule has 2 fully saturated rings. The first-order valence-electron chi connectivity index (χ1n) is 7.35. The van der Waals surface area contributed by atoms with Gasteiger partial charge in [-0.2, -0.15) is 0 Å². The van der Waals surface area contributed by atoms with E-state index < -0.39 is 5.92 Å². The van der Waals surface area contributed by atoms with Gasteiger partial charge >= 0.3 is 0 Å². The highest BCUT2D eigenvalue weighted by Crippen LogP contribution is 2.37. The van der Waals surface area contributed by atoms with Gasteiger partial charge in [-0.25, -0.2) is 4.39 Å². The number of carbonyl (C=O) groups excluding carboxylic acids is 2. The first kappa shape index (κ1) is 14.0. The molecular weight excluding hydrogens is 271 g/mol. The van der Waals surface area contributed by atoms with Crippen LogP contribution in [0.2, 0.25) is 0 Å². The van der Waals surface area contributed by atoms with Crippen molar-refractivity contribution in [3.63, 3.8) is 0 Å². The van der Waals surface area contributed by atoms with Crippen molar-refractivity contribution in [3.05, 3.63) is 35.6 Å². The lowest BCUT2D eigenvalue weighted by atomic mass is 9.93. The Hall–Kier alpha value is -1.91. The first-order chi connectivity index (χ1) is 10.1. The Morgan fingerprint density at radius 2 is 2.00 bits per heavy atom. The number of halogens is 1. The molecule has 3 rings (SSSR count). The van der Waals surface area contributed by atoms with Gasteiger partial charge in [0.1, 0.15) is 5.82 Å². The van der Waals surface area contributed by atoms with Crippen LogP contribution >= 0.6 is 0 Å². The Balaban J connectivity index is 1.78. The van der Waals surface area contributed by atoms with E-state index in [9.17, 15) is 14.0 Å². The summed E-state index contributed by atoms with van der Waals surface area (Å²) in [5, 5.41) is 2.95. The molecule has 21 heavy (non-hydrogen) atoms. The van der Waals surface area contributed by atoms with Crippen LogP contribution in [0.5, 0.6) is 0 Å². The molecule has 1 N–H and O–H groups in total. The standard InChI is InChI=1S/C16H19FN2O2/c1-19-14(20)8-13(16(21)18-9-10-2-3-10)15(19)11-4-6-12(17)7-5-11/h4-7,10,13,15H,2-3,8-9H2,1H3,(H,18,21)/t13-,15+/m0/s1. The van der Waals surface area contributed by atoms with E-state index in [-0.39, 0.29) is 30.1 Å². The molecule has 0 unspecified atom stereocenters. The van der Waals surface area contributed by atoms with E-state index in [1.165, 1.54) is 25.0 Å². The van der Waals surface area contributed by atoms with E-state index in [2.05, 4.69) is 5.32 Å². The third kappa shape index (κ3) is 2.91. The molecule has 1 aliphatic carbocycles. The van der Waals surface area contributed by atoms with Gasteiger partial charge in [0, 0.05) is 20.0 Å². The van der Waals surface area contributed by atoms with Crippen LogP contribution in [0, 0.1) is 17.7 Å². The molecule has 1 saturated heterocycles. The molecule has 2 atom stereocenters. The summed E-state index contributed by atoms with van der Waals surface area (Å²) in [6, 6.07) is 5.72. The maximum Gasteiger partial charge on any atom is 0.226 e. The first-order valence-corrected chi connectivity index (χ1v) is 7.35. The number of rotatable bonds is 4. The van der Waals surface area contributed by atoms with Crippen LogP contribution in [0.15, 0.2) is 24.3 Å². The molecule has 2 aliphatic rings. The summed E-state index contributed by atoms with van der Waals surface area (Å²) in [4.78, 5) is 25.9. The zero-order valence-electron chi connectivity index (χ0n) is 12.0. The minimum absolute atomic E-state index is 0.0455. The lowest BCUT2D eigenvalue weighted by molar-refractivity contribution is -0.128. The molecule has 1 aliphatic heterocycles. The predicted octanol–water partition coefficient (Wildman–Crippen LogP) is 1.87. The number of hydrogen-bond donors (Lipinski definition) is 1. The highest BCUT2D eigenvalue weighted by molar-refractivity contribution is 5.90. The van der Waals surface area contributed by atoms with Gasteiger partial charge in [-0.15, -0.1) is 0 Å².